The Balaban J connectivity index is 2.90. The molecule has 1 rings (SSSR count). The number of amides is 1. The normalized spacial score (nSPS) is 17.6. The minimum absolute atomic E-state index is 0.422. The zero-order valence-electron chi connectivity index (χ0n) is 10.1. The quantitative estimate of drug-likeness (QED) is 0.712. The van der Waals surface area contributed by atoms with Crippen LogP contribution < -0.4 is 5.32 Å². The molecule has 0 aliphatic carbocycles. The van der Waals surface area contributed by atoms with Crippen LogP contribution in [-0.4, -0.2) is 55.9 Å². The highest BCUT2D eigenvalue weighted by Gasteiger charge is 2.43. The molecule has 0 spiro atoms. The lowest BCUT2D eigenvalue weighted by molar-refractivity contribution is -0.133. The summed E-state index contributed by atoms with van der Waals surface area (Å²) in [5.41, 5.74) is 0. The molecule has 1 aliphatic rings. The molecule has 1 aliphatic heterocycles. The molecule has 1 amide bonds. The summed E-state index contributed by atoms with van der Waals surface area (Å²) in [5, 5.41) is 11.6. The van der Waals surface area contributed by atoms with Crippen molar-refractivity contribution in [2.24, 2.45) is 0 Å². The summed E-state index contributed by atoms with van der Waals surface area (Å²) in [7, 11) is -3.73. The van der Waals surface area contributed by atoms with Gasteiger partial charge in [-0.2, -0.15) is 5.26 Å². The fourth-order valence-corrected chi connectivity index (χ4v) is 2.57. The van der Waals surface area contributed by atoms with Gasteiger partial charge >= 0.3 is 0 Å². The van der Waals surface area contributed by atoms with Crippen LogP contribution in [0.3, 0.4) is 0 Å². The van der Waals surface area contributed by atoms with Crippen molar-refractivity contribution >= 4 is 15.7 Å². The molecule has 0 radical (unpaired) electrons. The molecule has 0 aromatic carbocycles. The smallest absolute Gasteiger partial charge is 0.243 e. The highest BCUT2D eigenvalue weighted by Crippen LogP contribution is 2.20. The van der Waals surface area contributed by atoms with E-state index < -0.39 is 26.2 Å². The second-order valence-electron chi connectivity index (χ2n) is 4.47. The fourth-order valence-electron chi connectivity index (χ4n) is 1.65. The number of nitriles is 1. The van der Waals surface area contributed by atoms with E-state index in [9.17, 15) is 13.2 Å². The van der Waals surface area contributed by atoms with Crippen LogP contribution in [0.25, 0.3) is 0 Å². The van der Waals surface area contributed by atoms with Crippen molar-refractivity contribution in [2.75, 3.05) is 31.9 Å². The van der Waals surface area contributed by atoms with E-state index in [4.69, 9.17) is 5.26 Å². The van der Waals surface area contributed by atoms with E-state index in [1.54, 1.807) is 6.07 Å². The lowest BCUT2D eigenvalue weighted by atomic mass is 10.1. The van der Waals surface area contributed by atoms with Gasteiger partial charge in [-0.25, -0.2) is 8.42 Å². The van der Waals surface area contributed by atoms with Gasteiger partial charge in [-0.3, -0.25) is 4.79 Å². The summed E-state index contributed by atoms with van der Waals surface area (Å²) in [5.74, 6) is -1.05. The minimum atomic E-state index is -3.73. The van der Waals surface area contributed by atoms with Gasteiger partial charge < -0.3 is 10.2 Å². The van der Waals surface area contributed by atoms with Crippen LogP contribution in [0.5, 0.6) is 0 Å². The third kappa shape index (κ3) is 2.76. The zero-order valence-corrected chi connectivity index (χ0v) is 10.9. The molecule has 0 aromatic rings. The van der Waals surface area contributed by atoms with Gasteiger partial charge in [-0.15, -0.1) is 0 Å². The molecule has 0 saturated carbocycles. The van der Waals surface area contributed by atoms with Crippen LogP contribution in [0, 0.1) is 11.3 Å². The Kier molecular flexibility index (Phi) is 4.11. The molecular formula is C10H17N3O3S. The number of sulfone groups is 1. The van der Waals surface area contributed by atoms with E-state index in [0.29, 0.717) is 26.2 Å². The van der Waals surface area contributed by atoms with E-state index in [2.05, 4.69) is 5.32 Å². The first-order valence-electron chi connectivity index (χ1n) is 5.42. The van der Waals surface area contributed by atoms with Crippen molar-refractivity contribution in [3.8, 4) is 6.07 Å². The number of hydrogen-bond acceptors (Lipinski definition) is 5. The first-order valence-corrected chi connectivity index (χ1v) is 7.07. The van der Waals surface area contributed by atoms with E-state index in [1.807, 2.05) is 0 Å². The summed E-state index contributed by atoms with van der Waals surface area (Å²) >= 11 is 0. The Morgan fingerprint density at radius 2 is 1.94 bits per heavy atom. The van der Waals surface area contributed by atoms with E-state index in [0.717, 1.165) is 0 Å². The number of nitrogens with one attached hydrogen (secondary N) is 1. The molecular weight excluding hydrogens is 242 g/mol. The molecule has 1 N–H and O–H groups in total. The molecule has 1 fully saturated rings. The molecule has 7 heteroatoms. The second kappa shape index (κ2) is 5.02. The molecule has 96 valence electrons. The van der Waals surface area contributed by atoms with Crippen molar-refractivity contribution < 1.29 is 13.2 Å². The average molecular weight is 259 g/mol. The van der Waals surface area contributed by atoms with Crippen LogP contribution in [0.2, 0.25) is 0 Å². The monoisotopic (exact) mass is 259 g/mol. The Morgan fingerprint density at radius 3 is 2.41 bits per heavy atom. The maximum absolute atomic E-state index is 12.2. The first kappa shape index (κ1) is 13.9. The van der Waals surface area contributed by atoms with Crippen molar-refractivity contribution in [2.45, 2.75) is 18.6 Å². The van der Waals surface area contributed by atoms with Gasteiger partial charge in [0.2, 0.25) is 5.91 Å². The number of carbonyl (C=O) groups excluding carboxylic acids is 1. The number of carbonyl (C=O) groups is 1. The number of hydrogen-bond donors (Lipinski definition) is 1. The van der Waals surface area contributed by atoms with E-state index in [-0.39, 0.29) is 0 Å². The van der Waals surface area contributed by atoms with Crippen LogP contribution in [0.15, 0.2) is 0 Å². The van der Waals surface area contributed by atoms with E-state index in [1.165, 1.54) is 18.7 Å². The van der Waals surface area contributed by atoms with Crippen LogP contribution in [-0.2, 0) is 14.6 Å². The van der Waals surface area contributed by atoms with Crippen LogP contribution in [0.1, 0.15) is 13.8 Å². The van der Waals surface area contributed by atoms with Crippen LogP contribution in [0.4, 0.5) is 0 Å². The van der Waals surface area contributed by atoms with Gasteiger partial charge in [0.25, 0.3) is 0 Å². The maximum Gasteiger partial charge on any atom is 0.243 e. The van der Waals surface area contributed by atoms with Gasteiger partial charge in [-0.1, -0.05) is 0 Å². The lowest BCUT2D eigenvalue weighted by Crippen LogP contribution is -2.55. The predicted octanol–water partition coefficient (Wildman–Crippen LogP) is -0.865. The highest BCUT2D eigenvalue weighted by molar-refractivity contribution is 7.93. The van der Waals surface area contributed by atoms with Crippen molar-refractivity contribution in [1.29, 1.82) is 5.26 Å². The van der Waals surface area contributed by atoms with Crippen LogP contribution >= 0.6 is 0 Å². The van der Waals surface area contributed by atoms with Crippen molar-refractivity contribution in [1.82, 2.24) is 10.2 Å². The number of piperazine rings is 1. The lowest BCUT2D eigenvalue weighted by Gasteiger charge is -2.33. The summed E-state index contributed by atoms with van der Waals surface area (Å²) in [4.78, 5) is 13.7. The standard InChI is InChI=1S/C10H17N3O3S/c1-10(2,17(15,16)8-3-11)9(14)13-6-4-12-5-7-13/h12H,4-8H2,1-2H3. The largest absolute Gasteiger partial charge is 0.339 e. The average Bonchev–Trinajstić information content (AvgIpc) is 2.29. The molecule has 0 bridgehead atoms. The third-order valence-electron chi connectivity index (χ3n) is 2.95. The predicted molar refractivity (Wildman–Crippen MR) is 62.9 cm³/mol. The summed E-state index contributed by atoms with van der Waals surface area (Å²) in [6.45, 7) is 5.07. The SMILES string of the molecule is CC(C)(C(=O)N1CCNCC1)S(=O)(=O)CC#N. The molecule has 0 atom stereocenters. The number of nitrogens with zero attached hydrogens (tertiary/aromatic N) is 2. The summed E-state index contributed by atoms with van der Waals surface area (Å²) in [6, 6.07) is 1.60. The second-order valence-corrected chi connectivity index (χ2v) is 7.01. The molecule has 17 heavy (non-hydrogen) atoms. The fraction of sp³-hybridized carbons (Fsp3) is 0.800. The Morgan fingerprint density at radius 1 is 1.41 bits per heavy atom. The first-order chi connectivity index (χ1) is 7.83. The third-order valence-corrected chi connectivity index (χ3v) is 5.19. The Hall–Kier alpha value is -1.13. The summed E-state index contributed by atoms with van der Waals surface area (Å²) in [6.07, 6.45) is 0. The van der Waals surface area contributed by atoms with Gasteiger partial charge in [0.05, 0.1) is 6.07 Å². The van der Waals surface area contributed by atoms with Gasteiger partial charge in [0.15, 0.2) is 9.84 Å². The van der Waals surface area contributed by atoms with Crippen molar-refractivity contribution in [3.63, 3.8) is 0 Å². The maximum atomic E-state index is 12.2. The van der Waals surface area contributed by atoms with Gasteiger partial charge in [0, 0.05) is 26.2 Å². The topological polar surface area (TPSA) is 90.3 Å². The highest BCUT2D eigenvalue weighted by atomic mass is 32.2. The summed E-state index contributed by atoms with van der Waals surface area (Å²) < 4.78 is 22.2. The van der Waals surface area contributed by atoms with Gasteiger partial charge in [-0.05, 0) is 13.8 Å². The Bertz CT molecular complexity index is 430. The molecule has 1 saturated heterocycles. The molecule has 0 aromatic heterocycles. The zero-order chi connectivity index (χ0) is 13.1. The minimum Gasteiger partial charge on any atom is -0.339 e. The van der Waals surface area contributed by atoms with Crippen molar-refractivity contribution in [3.05, 3.63) is 0 Å². The van der Waals surface area contributed by atoms with E-state index >= 15 is 0 Å². The molecule has 1 heterocycles. The van der Waals surface area contributed by atoms with Gasteiger partial charge in [0.1, 0.15) is 10.5 Å². The molecule has 6 nitrogen and oxygen atoms in total. The Labute approximate surface area is 102 Å². The number of rotatable bonds is 3. The molecule has 0 unspecified atom stereocenters.